The molecule has 0 bridgehead atoms. The molecule has 0 radical (unpaired) electrons. The van der Waals surface area contributed by atoms with E-state index < -0.39 is 0 Å². The zero-order valence-corrected chi connectivity index (χ0v) is 13.0. The van der Waals surface area contributed by atoms with E-state index in [4.69, 9.17) is 0 Å². The first-order chi connectivity index (χ1) is 8.54. The molecule has 0 aliphatic rings. The molecule has 0 unspecified atom stereocenters. The average molecular weight is 373 g/mol. The Kier molecular flexibility index (Phi) is 4.40. The molecule has 0 saturated carbocycles. The van der Waals surface area contributed by atoms with E-state index in [9.17, 15) is 4.39 Å². The van der Waals surface area contributed by atoms with E-state index in [1.54, 1.807) is 0 Å². The van der Waals surface area contributed by atoms with Gasteiger partial charge in [-0.3, -0.25) is 0 Å². The zero-order valence-electron chi connectivity index (χ0n) is 9.81. The summed E-state index contributed by atoms with van der Waals surface area (Å²) in [5.74, 6) is -0.232. The average Bonchev–Trinajstić information content (AvgIpc) is 2.29. The highest BCUT2D eigenvalue weighted by Gasteiger charge is 2.02. The molecule has 1 N–H and O–H groups in total. The summed E-state index contributed by atoms with van der Waals surface area (Å²) in [6.07, 6.45) is 0. The summed E-state index contributed by atoms with van der Waals surface area (Å²) < 4.78 is 15.0. The van der Waals surface area contributed by atoms with E-state index in [0.29, 0.717) is 6.54 Å². The van der Waals surface area contributed by atoms with Gasteiger partial charge < -0.3 is 5.32 Å². The van der Waals surface area contributed by atoms with E-state index in [-0.39, 0.29) is 5.82 Å². The predicted octanol–water partition coefficient (Wildman–Crippen LogP) is 5.27. The summed E-state index contributed by atoms with van der Waals surface area (Å²) >= 11 is 6.78. The summed E-state index contributed by atoms with van der Waals surface area (Å²) in [4.78, 5) is 0. The molecule has 1 nitrogen and oxygen atoms in total. The molecule has 2 rings (SSSR count). The third kappa shape index (κ3) is 3.56. The normalized spacial score (nSPS) is 10.4. The minimum atomic E-state index is -0.232. The van der Waals surface area contributed by atoms with E-state index in [1.165, 1.54) is 17.7 Å². The highest BCUT2D eigenvalue weighted by Crippen LogP contribution is 2.24. The van der Waals surface area contributed by atoms with Gasteiger partial charge in [-0.05, 0) is 64.3 Å². The Balaban J connectivity index is 2.13. The molecule has 0 aliphatic carbocycles. The highest BCUT2D eigenvalue weighted by atomic mass is 79.9. The first-order valence-corrected chi connectivity index (χ1v) is 7.08. The van der Waals surface area contributed by atoms with Crippen molar-refractivity contribution in [2.24, 2.45) is 0 Å². The molecule has 2 aromatic rings. The second-order valence-corrected chi connectivity index (χ2v) is 5.88. The fraction of sp³-hybridized carbons (Fsp3) is 0.143. The number of halogens is 3. The van der Waals surface area contributed by atoms with Crippen LogP contribution in [0.1, 0.15) is 11.1 Å². The Labute approximate surface area is 123 Å². The fourth-order valence-electron chi connectivity index (χ4n) is 1.68. The van der Waals surface area contributed by atoms with Gasteiger partial charge >= 0.3 is 0 Å². The molecule has 0 aromatic heterocycles. The van der Waals surface area contributed by atoms with Gasteiger partial charge in [0.1, 0.15) is 5.82 Å². The summed E-state index contributed by atoms with van der Waals surface area (Å²) in [6, 6.07) is 11.0. The fourth-order valence-corrected chi connectivity index (χ4v) is 2.58. The molecule has 0 saturated heterocycles. The monoisotopic (exact) mass is 371 g/mol. The van der Waals surface area contributed by atoms with Crippen molar-refractivity contribution in [2.75, 3.05) is 5.32 Å². The van der Waals surface area contributed by atoms with Crippen molar-refractivity contribution in [3.05, 3.63) is 62.3 Å². The Morgan fingerprint density at radius 3 is 2.61 bits per heavy atom. The maximum Gasteiger partial charge on any atom is 0.124 e. The van der Waals surface area contributed by atoms with Crippen molar-refractivity contribution in [1.82, 2.24) is 0 Å². The first kappa shape index (κ1) is 13.6. The van der Waals surface area contributed by atoms with Crippen LogP contribution in [0.25, 0.3) is 0 Å². The maximum atomic E-state index is 13.2. The molecule has 2 aromatic carbocycles. The number of anilines is 1. The second-order valence-electron chi connectivity index (χ2n) is 4.11. The van der Waals surface area contributed by atoms with Gasteiger partial charge in [-0.25, -0.2) is 4.39 Å². The Bertz CT molecular complexity index is 549. The van der Waals surface area contributed by atoms with Gasteiger partial charge in [0.15, 0.2) is 0 Å². The van der Waals surface area contributed by atoms with Crippen molar-refractivity contribution >= 4 is 37.5 Å². The number of nitrogens with one attached hydrogen (secondary N) is 1. The van der Waals surface area contributed by atoms with Gasteiger partial charge in [-0.1, -0.05) is 22.0 Å². The molecule has 0 heterocycles. The van der Waals surface area contributed by atoms with Crippen LogP contribution in [0.3, 0.4) is 0 Å². The highest BCUT2D eigenvalue weighted by molar-refractivity contribution is 9.10. The quantitative estimate of drug-likeness (QED) is 0.773. The van der Waals surface area contributed by atoms with Crippen molar-refractivity contribution in [3.63, 3.8) is 0 Å². The SMILES string of the molecule is Cc1ccc(Br)c(NCc2cc(F)cc(Br)c2)c1. The third-order valence-corrected chi connectivity index (χ3v) is 3.68. The van der Waals surface area contributed by atoms with Crippen molar-refractivity contribution in [1.29, 1.82) is 0 Å². The lowest BCUT2D eigenvalue weighted by molar-refractivity contribution is 0.625. The minimum absolute atomic E-state index is 0.232. The predicted molar refractivity (Wildman–Crippen MR) is 80.3 cm³/mol. The largest absolute Gasteiger partial charge is 0.380 e. The Morgan fingerprint density at radius 2 is 1.89 bits per heavy atom. The number of benzene rings is 2. The van der Waals surface area contributed by atoms with Gasteiger partial charge in [0, 0.05) is 21.2 Å². The number of hydrogen-bond acceptors (Lipinski definition) is 1. The van der Waals surface area contributed by atoms with Crippen molar-refractivity contribution < 1.29 is 4.39 Å². The van der Waals surface area contributed by atoms with Crippen LogP contribution in [-0.2, 0) is 6.54 Å². The Hall–Kier alpha value is -0.870. The molecule has 0 fully saturated rings. The van der Waals surface area contributed by atoms with Crippen LogP contribution in [0, 0.1) is 12.7 Å². The van der Waals surface area contributed by atoms with Crippen LogP contribution in [0.2, 0.25) is 0 Å². The van der Waals surface area contributed by atoms with Gasteiger partial charge in [-0.2, -0.15) is 0 Å². The molecule has 0 amide bonds. The van der Waals surface area contributed by atoms with Crippen molar-refractivity contribution in [3.8, 4) is 0 Å². The van der Waals surface area contributed by atoms with Gasteiger partial charge in [0.2, 0.25) is 0 Å². The second kappa shape index (κ2) is 5.85. The number of hydrogen-bond donors (Lipinski definition) is 1. The maximum absolute atomic E-state index is 13.2. The number of rotatable bonds is 3. The lowest BCUT2D eigenvalue weighted by Gasteiger charge is -2.10. The van der Waals surface area contributed by atoms with Crippen LogP contribution in [0.15, 0.2) is 45.3 Å². The minimum Gasteiger partial charge on any atom is -0.380 e. The topological polar surface area (TPSA) is 12.0 Å². The van der Waals surface area contributed by atoms with Gasteiger partial charge in [0.05, 0.1) is 0 Å². The molecule has 4 heteroatoms. The van der Waals surface area contributed by atoms with E-state index in [1.807, 2.05) is 25.1 Å². The van der Waals surface area contributed by atoms with Crippen LogP contribution in [0.4, 0.5) is 10.1 Å². The van der Waals surface area contributed by atoms with Crippen LogP contribution >= 0.6 is 31.9 Å². The van der Waals surface area contributed by atoms with Gasteiger partial charge in [0.25, 0.3) is 0 Å². The summed E-state index contributed by atoms with van der Waals surface area (Å²) in [5, 5.41) is 3.29. The zero-order chi connectivity index (χ0) is 13.1. The molecule has 0 spiro atoms. The van der Waals surface area contributed by atoms with Crippen LogP contribution < -0.4 is 5.32 Å². The Morgan fingerprint density at radius 1 is 1.11 bits per heavy atom. The van der Waals surface area contributed by atoms with Crippen molar-refractivity contribution in [2.45, 2.75) is 13.5 Å². The molecule has 0 aliphatic heterocycles. The molecule has 18 heavy (non-hydrogen) atoms. The lowest BCUT2D eigenvalue weighted by atomic mass is 10.2. The molecular weight excluding hydrogens is 361 g/mol. The first-order valence-electron chi connectivity index (χ1n) is 5.49. The molecular formula is C14H12Br2FN. The van der Waals surface area contributed by atoms with Crippen LogP contribution in [-0.4, -0.2) is 0 Å². The summed E-state index contributed by atoms with van der Waals surface area (Å²) in [5.41, 5.74) is 3.09. The number of aryl methyl sites for hydroxylation is 1. The molecule has 94 valence electrons. The lowest BCUT2D eigenvalue weighted by Crippen LogP contribution is -2.01. The van der Waals surface area contributed by atoms with Crippen LogP contribution in [0.5, 0.6) is 0 Å². The summed E-state index contributed by atoms with van der Waals surface area (Å²) in [7, 11) is 0. The smallest absolute Gasteiger partial charge is 0.124 e. The van der Waals surface area contributed by atoms with E-state index in [0.717, 1.165) is 20.2 Å². The van der Waals surface area contributed by atoms with E-state index >= 15 is 0 Å². The molecule has 0 atom stereocenters. The van der Waals surface area contributed by atoms with E-state index in [2.05, 4.69) is 43.2 Å². The third-order valence-electron chi connectivity index (χ3n) is 2.53. The standard InChI is InChI=1S/C14H12Br2FN/c1-9-2-3-13(16)14(4-9)18-8-10-5-11(15)7-12(17)6-10/h2-7,18H,8H2,1H3. The van der Waals surface area contributed by atoms with Gasteiger partial charge in [-0.15, -0.1) is 0 Å². The summed E-state index contributed by atoms with van der Waals surface area (Å²) in [6.45, 7) is 2.62.